The highest BCUT2D eigenvalue weighted by atomic mass is 16.5. The zero-order valence-electron chi connectivity index (χ0n) is 11.8. The Morgan fingerprint density at radius 2 is 1.90 bits per heavy atom. The molecule has 0 radical (unpaired) electrons. The van der Waals surface area contributed by atoms with Crippen LogP contribution in [0.15, 0.2) is 36.4 Å². The van der Waals surface area contributed by atoms with E-state index < -0.39 is 5.97 Å². The minimum atomic E-state index is -0.593. The minimum absolute atomic E-state index is 0.0660. The highest BCUT2D eigenvalue weighted by molar-refractivity contribution is 5.91. The van der Waals surface area contributed by atoms with Gasteiger partial charge >= 0.3 is 5.97 Å². The summed E-state index contributed by atoms with van der Waals surface area (Å²) in [5.41, 5.74) is 1.16. The summed E-state index contributed by atoms with van der Waals surface area (Å²) in [7, 11) is 0. The molecule has 0 aliphatic heterocycles. The van der Waals surface area contributed by atoms with Crippen LogP contribution in [0, 0.1) is 0 Å². The van der Waals surface area contributed by atoms with Gasteiger partial charge in [-0.25, -0.2) is 4.79 Å². The van der Waals surface area contributed by atoms with Crippen LogP contribution in [0.3, 0.4) is 0 Å². The zero-order chi connectivity index (χ0) is 15.1. The molecule has 0 unspecified atom stereocenters. The first-order valence-electron chi connectivity index (χ1n) is 6.32. The predicted molar refractivity (Wildman–Crippen MR) is 75.5 cm³/mol. The monoisotopic (exact) mass is 277 g/mol. The van der Waals surface area contributed by atoms with Crippen LogP contribution < -0.4 is 0 Å². The van der Waals surface area contributed by atoms with Crippen molar-refractivity contribution in [1.29, 1.82) is 0 Å². The van der Waals surface area contributed by atoms with Crippen LogP contribution in [0.4, 0.5) is 0 Å². The summed E-state index contributed by atoms with van der Waals surface area (Å²) in [4.78, 5) is 25.1. The summed E-state index contributed by atoms with van der Waals surface area (Å²) in [6, 6.07) is 5.65. The lowest BCUT2D eigenvalue weighted by atomic mass is 10.2. The number of phenolic OH excluding ortho intramolecular Hbond substituents is 1. The van der Waals surface area contributed by atoms with Crippen molar-refractivity contribution in [2.75, 3.05) is 19.7 Å². The van der Waals surface area contributed by atoms with Crippen LogP contribution in [0.1, 0.15) is 24.2 Å². The third-order valence-electron chi connectivity index (χ3n) is 2.62. The molecule has 0 saturated heterocycles. The van der Waals surface area contributed by atoms with E-state index in [1.807, 2.05) is 13.8 Å². The predicted octanol–water partition coefficient (Wildman–Crippen LogP) is 1.97. The summed E-state index contributed by atoms with van der Waals surface area (Å²) in [5, 5.41) is 9.12. The number of benzene rings is 1. The zero-order valence-corrected chi connectivity index (χ0v) is 11.8. The quantitative estimate of drug-likeness (QED) is 0.637. The van der Waals surface area contributed by atoms with Crippen molar-refractivity contribution in [3.63, 3.8) is 0 Å². The number of hydrogen-bond acceptors (Lipinski definition) is 4. The fraction of sp³-hybridized carbons (Fsp3) is 0.333. The van der Waals surface area contributed by atoms with Gasteiger partial charge in [0.2, 0.25) is 0 Å². The van der Waals surface area contributed by atoms with E-state index in [9.17, 15) is 9.59 Å². The van der Waals surface area contributed by atoms with Crippen molar-refractivity contribution in [3.8, 4) is 5.75 Å². The van der Waals surface area contributed by atoms with E-state index in [2.05, 4.69) is 6.58 Å². The first-order chi connectivity index (χ1) is 9.43. The molecule has 0 atom stereocenters. The summed E-state index contributed by atoms with van der Waals surface area (Å²) < 4.78 is 4.95. The molecule has 0 aliphatic carbocycles. The number of hydrogen-bond donors (Lipinski definition) is 1. The number of rotatable bonds is 6. The Kier molecular flexibility index (Phi) is 5.77. The lowest BCUT2D eigenvalue weighted by Gasteiger charge is -2.20. The van der Waals surface area contributed by atoms with E-state index >= 15 is 0 Å². The van der Waals surface area contributed by atoms with Crippen LogP contribution in [0.5, 0.6) is 5.75 Å². The fourth-order valence-electron chi connectivity index (χ4n) is 1.60. The maximum absolute atomic E-state index is 11.9. The van der Waals surface area contributed by atoms with E-state index in [4.69, 9.17) is 9.84 Å². The van der Waals surface area contributed by atoms with Gasteiger partial charge in [-0.3, -0.25) is 4.79 Å². The highest BCUT2D eigenvalue weighted by Crippen LogP contribution is 2.10. The van der Waals surface area contributed by atoms with Gasteiger partial charge in [-0.1, -0.05) is 12.2 Å². The second kappa shape index (κ2) is 7.33. The molecule has 1 N–H and O–H groups in total. The van der Waals surface area contributed by atoms with Crippen molar-refractivity contribution < 1.29 is 19.4 Å². The summed E-state index contributed by atoms with van der Waals surface area (Å²) in [6.07, 6.45) is 0. The van der Waals surface area contributed by atoms with Gasteiger partial charge in [0.1, 0.15) is 5.75 Å². The Hall–Kier alpha value is -2.30. The Bertz CT molecular complexity index is 493. The van der Waals surface area contributed by atoms with Gasteiger partial charge in [0.25, 0.3) is 5.91 Å². The lowest BCUT2D eigenvalue weighted by molar-refractivity contribution is -0.133. The molecule has 0 fully saturated rings. The maximum Gasteiger partial charge on any atom is 0.338 e. The molecule has 1 aromatic carbocycles. The van der Waals surface area contributed by atoms with Crippen molar-refractivity contribution in [2.45, 2.75) is 13.8 Å². The Morgan fingerprint density at radius 3 is 2.40 bits per heavy atom. The van der Waals surface area contributed by atoms with Crippen molar-refractivity contribution >= 4 is 11.9 Å². The summed E-state index contributed by atoms with van der Waals surface area (Å²) >= 11 is 0. The first kappa shape index (κ1) is 15.8. The van der Waals surface area contributed by atoms with Crippen LogP contribution >= 0.6 is 0 Å². The summed E-state index contributed by atoms with van der Waals surface area (Å²) in [6.45, 7) is 8.11. The number of ether oxygens (including phenoxy) is 1. The van der Waals surface area contributed by atoms with Gasteiger partial charge in [0, 0.05) is 13.1 Å². The molecule has 0 saturated carbocycles. The number of carbonyl (C=O) groups excluding carboxylic acids is 2. The first-order valence-corrected chi connectivity index (χ1v) is 6.32. The average Bonchev–Trinajstić information content (AvgIpc) is 2.42. The topological polar surface area (TPSA) is 66.8 Å². The normalized spacial score (nSPS) is 9.90. The molecular weight excluding hydrogens is 258 g/mol. The fourth-order valence-corrected chi connectivity index (χ4v) is 1.60. The van der Waals surface area contributed by atoms with Crippen LogP contribution in [-0.2, 0) is 9.53 Å². The molecule has 0 aliphatic rings. The van der Waals surface area contributed by atoms with Gasteiger partial charge in [0.05, 0.1) is 5.56 Å². The number of carbonyl (C=O) groups is 2. The standard InChI is InChI=1S/C15H19NO4/c1-4-16(9-11(2)3)14(18)10-20-15(19)12-5-7-13(17)8-6-12/h5-8,17H,2,4,9-10H2,1,3H3. The lowest BCUT2D eigenvalue weighted by Crippen LogP contribution is -2.35. The van der Waals surface area contributed by atoms with Crippen LogP contribution in [0.25, 0.3) is 0 Å². The molecule has 0 bridgehead atoms. The third kappa shape index (κ3) is 4.76. The number of likely N-dealkylation sites (N-methyl/N-ethyl adjacent to an activating group) is 1. The smallest absolute Gasteiger partial charge is 0.338 e. The molecule has 1 rings (SSSR count). The highest BCUT2D eigenvalue weighted by Gasteiger charge is 2.15. The number of phenols is 1. The molecule has 0 spiro atoms. The SMILES string of the molecule is C=C(C)CN(CC)C(=O)COC(=O)c1ccc(O)cc1. The Labute approximate surface area is 118 Å². The van der Waals surface area contributed by atoms with E-state index in [-0.39, 0.29) is 18.3 Å². The molecule has 5 nitrogen and oxygen atoms in total. The van der Waals surface area contributed by atoms with Gasteiger partial charge < -0.3 is 14.7 Å². The Balaban J connectivity index is 2.53. The van der Waals surface area contributed by atoms with Crippen molar-refractivity contribution in [3.05, 3.63) is 42.0 Å². The van der Waals surface area contributed by atoms with Crippen LogP contribution in [0.2, 0.25) is 0 Å². The molecule has 1 aromatic rings. The van der Waals surface area contributed by atoms with Gasteiger partial charge in [-0.2, -0.15) is 0 Å². The number of aromatic hydroxyl groups is 1. The van der Waals surface area contributed by atoms with Crippen molar-refractivity contribution in [1.82, 2.24) is 4.90 Å². The molecule has 5 heteroatoms. The molecule has 108 valence electrons. The molecular formula is C15H19NO4. The van der Waals surface area contributed by atoms with Gasteiger partial charge in [0.15, 0.2) is 6.61 Å². The Morgan fingerprint density at radius 1 is 1.30 bits per heavy atom. The molecule has 0 heterocycles. The van der Waals surface area contributed by atoms with E-state index in [1.54, 1.807) is 4.90 Å². The van der Waals surface area contributed by atoms with Crippen LogP contribution in [-0.4, -0.2) is 41.6 Å². The number of nitrogens with zero attached hydrogens (tertiary/aromatic N) is 1. The van der Waals surface area contributed by atoms with Crippen molar-refractivity contribution in [2.24, 2.45) is 0 Å². The molecule has 0 aromatic heterocycles. The second-order valence-electron chi connectivity index (χ2n) is 4.49. The van der Waals surface area contributed by atoms with E-state index in [0.29, 0.717) is 18.7 Å². The third-order valence-corrected chi connectivity index (χ3v) is 2.62. The molecule has 20 heavy (non-hydrogen) atoms. The van der Waals surface area contributed by atoms with E-state index in [1.165, 1.54) is 24.3 Å². The largest absolute Gasteiger partial charge is 0.508 e. The van der Waals surface area contributed by atoms with Gasteiger partial charge in [-0.05, 0) is 38.1 Å². The number of amides is 1. The second-order valence-corrected chi connectivity index (χ2v) is 4.49. The number of esters is 1. The molecule has 1 amide bonds. The average molecular weight is 277 g/mol. The van der Waals surface area contributed by atoms with E-state index in [0.717, 1.165) is 5.57 Å². The van der Waals surface area contributed by atoms with Gasteiger partial charge in [-0.15, -0.1) is 0 Å². The minimum Gasteiger partial charge on any atom is -0.508 e. The maximum atomic E-state index is 11.9. The summed E-state index contributed by atoms with van der Waals surface area (Å²) in [5.74, 6) is -0.788.